The van der Waals surface area contributed by atoms with Gasteiger partial charge in [-0.25, -0.2) is 13.8 Å². The summed E-state index contributed by atoms with van der Waals surface area (Å²) in [4.78, 5) is 8.17. The molecule has 0 saturated carbocycles. The standard InChI is InChI=1S/C17H19F2N3/c1-21-9-3-4-16(21)14-10-17(20-11-15(14)19)22(2)13-7-5-12(18)6-8-13/h5-8,10-11,16H,3-4,9H2,1-2H3. The fourth-order valence-electron chi connectivity index (χ4n) is 2.98. The molecule has 2 heterocycles. The SMILES string of the molecule is CN(c1ccc(F)cc1)c1cc(C2CCCN2C)c(F)cn1. The van der Waals surface area contributed by atoms with Gasteiger partial charge in [0.15, 0.2) is 0 Å². The molecule has 1 atom stereocenters. The first-order chi connectivity index (χ1) is 10.6. The zero-order valence-corrected chi connectivity index (χ0v) is 12.8. The molecule has 0 bridgehead atoms. The van der Waals surface area contributed by atoms with Crippen molar-refractivity contribution in [3.05, 3.63) is 53.7 Å². The van der Waals surface area contributed by atoms with Crippen LogP contribution in [-0.2, 0) is 0 Å². The smallest absolute Gasteiger partial charge is 0.146 e. The second-order valence-corrected chi connectivity index (χ2v) is 5.74. The lowest BCUT2D eigenvalue weighted by Gasteiger charge is -2.23. The quantitative estimate of drug-likeness (QED) is 0.857. The Morgan fingerprint density at radius 2 is 1.95 bits per heavy atom. The van der Waals surface area contributed by atoms with Gasteiger partial charge >= 0.3 is 0 Å². The Bertz CT molecular complexity index is 657. The van der Waals surface area contributed by atoms with Crippen LogP contribution in [0.4, 0.5) is 20.3 Å². The minimum atomic E-state index is -0.280. The van der Waals surface area contributed by atoms with Crippen molar-refractivity contribution >= 4 is 11.5 Å². The highest BCUT2D eigenvalue weighted by Gasteiger charge is 2.26. The molecule has 116 valence electrons. The Kier molecular flexibility index (Phi) is 4.07. The van der Waals surface area contributed by atoms with Crippen molar-refractivity contribution in [2.75, 3.05) is 25.5 Å². The van der Waals surface area contributed by atoms with Gasteiger partial charge in [0, 0.05) is 24.3 Å². The molecule has 3 rings (SSSR count). The number of rotatable bonds is 3. The van der Waals surface area contributed by atoms with Crippen molar-refractivity contribution < 1.29 is 8.78 Å². The molecular weight excluding hydrogens is 284 g/mol. The molecule has 1 aliphatic rings. The molecule has 1 aromatic carbocycles. The predicted octanol–water partition coefficient (Wildman–Crippen LogP) is 3.89. The van der Waals surface area contributed by atoms with Crippen LogP contribution >= 0.6 is 0 Å². The first-order valence-electron chi connectivity index (χ1n) is 7.41. The molecule has 0 N–H and O–H groups in total. The van der Waals surface area contributed by atoms with Crippen LogP contribution in [0.5, 0.6) is 0 Å². The molecule has 3 nitrogen and oxygen atoms in total. The number of pyridine rings is 1. The number of aromatic nitrogens is 1. The predicted molar refractivity (Wildman–Crippen MR) is 83.3 cm³/mol. The second-order valence-electron chi connectivity index (χ2n) is 5.74. The summed E-state index contributed by atoms with van der Waals surface area (Å²) in [6, 6.07) is 8.07. The molecule has 1 aliphatic heterocycles. The summed E-state index contributed by atoms with van der Waals surface area (Å²) in [6.07, 6.45) is 3.31. The highest BCUT2D eigenvalue weighted by molar-refractivity contribution is 5.59. The Hall–Kier alpha value is -2.01. The number of hydrogen-bond acceptors (Lipinski definition) is 3. The number of hydrogen-bond donors (Lipinski definition) is 0. The van der Waals surface area contributed by atoms with Crippen LogP contribution in [0.3, 0.4) is 0 Å². The zero-order chi connectivity index (χ0) is 15.7. The Morgan fingerprint density at radius 3 is 2.59 bits per heavy atom. The summed E-state index contributed by atoms with van der Waals surface area (Å²) in [7, 11) is 3.86. The summed E-state index contributed by atoms with van der Waals surface area (Å²) in [5, 5.41) is 0. The Labute approximate surface area is 129 Å². The maximum atomic E-state index is 14.2. The molecule has 2 aromatic rings. The fourth-order valence-corrected chi connectivity index (χ4v) is 2.98. The van der Waals surface area contributed by atoms with E-state index in [0.29, 0.717) is 11.4 Å². The van der Waals surface area contributed by atoms with Gasteiger partial charge < -0.3 is 4.90 Å². The van der Waals surface area contributed by atoms with E-state index in [1.165, 1.54) is 18.3 Å². The number of anilines is 2. The van der Waals surface area contributed by atoms with Gasteiger partial charge in [-0.2, -0.15) is 0 Å². The van der Waals surface area contributed by atoms with Gasteiger partial charge in [-0.05, 0) is 56.8 Å². The summed E-state index contributed by atoms with van der Waals surface area (Å²) < 4.78 is 27.2. The Morgan fingerprint density at radius 1 is 1.23 bits per heavy atom. The van der Waals surface area contributed by atoms with E-state index in [9.17, 15) is 8.78 Å². The first-order valence-corrected chi connectivity index (χ1v) is 7.41. The summed E-state index contributed by atoms with van der Waals surface area (Å²) >= 11 is 0. The average Bonchev–Trinajstić information content (AvgIpc) is 2.94. The van der Waals surface area contributed by atoms with E-state index in [0.717, 1.165) is 25.1 Å². The number of benzene rings is 1. The van der Waals surface area contributed by atoms with Crippen LogP contribution in [0.25, 0.3) is 0 Å². The van der Waals surface area contributed by atoms with Crippen molar-refractivity contribution in [2.24, 2.45) is 0 Å². The van der Waals surface area contributed by atoms with E-state index in [-0.39, 0.29) is 17.7 Å². The van der Waals surface area contributed by atoms with Gasteiger partial charge in [-0.3, -0.25) is 4.90 Å². The van der Waals surface area contributed by atoms with Gasteiger partial charge in [0.25, 0.3) is 0 Å². The van der Waals surface area contributed by atoms with Crippen LogP contribution in [0.1, 0.15) is 24.4 Å². The van der Waals surface area contributed by atoms with Crippen LogP contribution in [0, 0.1) is 11.6 Å². The van der Waals surface area contributed by atoms with Gasteiger partial charge in [-0.1, -0.05) is 0 Å². The van der Waals surface area contributed by atoms with Gasteiger partial charge in [0.2, 0.25) is 0 Å². The number of halogens is 2. The third-order valence-electron chi connectivity index (χ3n) is 4.31. The average molecular weight is 303 g/mol. The molecule has 0 radical (unpaired) electrons. The minimum Gasteiger partial charge on any atom is -0.329 e. The molecule has 1 saturated heterocycles. The van der Waals surface area contributed by atoms with Crippen LogP contribution < -0.4 is 4.90 Å². The largest absolute Gasteiger partial charge is 0.329 e. The van der Waals surface area contributed by atoms with E-state index >= 15 is 0 Å². The number of nitrogens with zero attached hydrogens (tertiary/aromatic N) is 3. The van der Waals surface area contributed by atoms with E-state index < -0.39 is 0 Å². The molecule has 0 spiro atoms. The van der Waals surface area contributed by atoms with Gasteiger partial charge in [0.1, 0.15) is 17.5 Å². The van der Waals surface area contributed by atoms with Crippen LogP contribution in [-0.4, -0.2) is 30.5 Å². The first kappa shape index (κ1) is 14.9. The normalized spacial score (nSPS) is 18.6. The molecule has 0 aliphatic carbocycles. The lowest BCUT2D eigenvalue weighted by Crippen LogP contribution is -2.20. The minimum absolute atomic E-state index is 0.100. The van der Waals surface area contributed by atoms with Crippen LogP contribution in [0.2, 0.25) is 0 Å². The lowest BCUT2D eigenvalue weighted by atomic mass is 10.1. The molecule has 1 unspecified atom stereocenters. The second kappa shape index (κ2) is 6.01. The third-order valence-corrected chi connectivity index (χ3v) is 4.31. The van der Waals surface area contributed by atoms with E-state index in [1.807, 2.05) is 19.0 Å². The van der Waals surface area contributed by atoms with Gasteiger partial charge in [-0.15, -0.1) is 0 Å². The topological polar surface area (TPSA) is 19.4 Å². The molecule has 22 heavy (non-hydrogen) atoms. The van der Waals surface area contributed by atoms with E-state index in [4.69, 9.17) is 0 Å². The van der Waals surface area contributed by atoms with Crippen molar-refractivity contribution in [3.63, 3.8) is 0 Å². The van der Waals surface area contributed by atoms with E-state index in [1.54, 1.807) is 18.2 Å². The fraction of sp³-hybridized carbons (Fsp3) is 0.353. The summed E-state index contributed by atoms with van der Waals surface area (Å²) in [6.45, 7) is 0.982. The van der Waals surface area contributed by atoms with Crippen molar-refractivity contribution in [2.45, 2.75) is 18.9 Å². The highest BCUT2D eigenvalue weighted by Crippen LogP contribution is 2.34. The maximum Gasteiger partial charge on any atom is 0.146 e. The third kappa shape index (κ3) is 2.81. The summed E-state index contributed by atoms with van der Waals surface area (Å²) in [5.41, 5.74) is 1.49. The molecule has 1 aromatic heterocycles. The molecule has 0 amide bonds. The maximum absolute atomic E-state index is 14.2. The van der Waals surface area contributed by atoms with E-state index in [2.05, 4.69) is 9.88 Å². The molecule has 1 fully saturated rings. The van der Waals surface area contributed by atoms with Crippen molar-refractivity contribution in [3.8, 4) is 0 Å². The Balaban J connectivity index is 1.92. The van der Waals surface area contributed by atoms with Crippen molar-refractivity contribution in [1.82, 2.24) is 9.88 Å². The van der Waals surface area contributed by atoms with Crippen molar-refractivity contribution in [1.29, 1.82) is 0 Å². The number of likely N-dealkylation sites (tertiary alicyclic amines) is 1. The zero-order valence-electron chi connectivity index (χ0n) is 12.8. The monoisotopic (exact) mass is 303 g/mol. The molecule has 5 heteroatoms. The lowest BCUT2D eigenvalue weighted by molar-refractivity contribution is 0.309. The van der Waals surface area contributed by atoms with Gasteiger partial charge in [0.05, 0.1) is 6.20 Å². The summed E-state index contributed by atoms with van der Waals surface area (Å²) in [5.74, 6) is 0.107. The van der Waals surface area contributed by atoms with Crippen LogP contribution in [0.15, 0.2) is 36.5 Å². The highest BCUT2D eigenvalue weighted by atomic mass is 19.1. The molecular formula is C17H19F2N3.